The number of ether oxygens (including phenoxy) is 2. The van der Waals surface area contributed by atoms with Crippen molar-refractivity contribution in [2.24, 2.45) is 11.0 Å². The molecular formula is C24H30N4O3. The van der Waals surface area contributed by atoms with E-state index in [0.29, 0.717) is 36.2 Å². The molecule has 164 valence electrons. The number of nitrogens with one attached hydrogen (secondary N) is 1. The van der Waals surface area contributed by atoms with Gasteiger partial charge in [0.15, 0.2) is 11.5 Å². The maximum absolute atomic E-state index is 12.5. The quantitative estimate of drug-likeness (QED) is 0.405. The predicted molar refractivity (Wildman–Crippen MR) is 123 cm³/mol. The molecule has 0 unspecified atom stereocenters. The number of rotatable bonds is 9. The smallest absolute Gasteiger partial charge is 0.271 e. The highest BCUT2D eigenvalue weighted by Gasteiger charge is 2.11. The van der Waals surface area contributed by atoms with Crippen molar-refractivity contribution in [1.29, 1.82) is 0 Å². The molecule has 0 spiro atoms. The summed E-state index contributed by atoms with van der Waals surface area (Å²) < 4.78 is 13.6. The van der Waals surface area contributed by atoms with E-state index < -0.39 is 0 Å². The van der Waals surface area contributed by atoms with Crippen molar-refractivity contribution in [1.82, 2.24) is 15.0 Å². The number of amides is 1. The third-order valence-electron chi connectivity index (χ3n) is 4.74. The minimum absolute atomic E-state index is 0.288. The zero-order chi connectivity index (χ0) is 22.4. The fourth-order valence-electron chi connectivity index (χ4n) is 3.27. The molecule has 0 saturated carbocycles. The number of benzene rings is 2. The second kappa shape index (κ2) is 10.1. The third kappa shape index (κ3) is 5.42. The van der Waals surface area contributed by atoms with Crippen LogP contribution in [0.25, 0.3) is 11.0 Å². The molecule has 1 aromatic heterocycles. The van der Waals surface area contributed by atoms with Crippen molar-refractivity contribution >= 4 is 23.2 Å². The lowest BCUT2D eigenvalue weighted by Crippen LogP contribution is -2.17. The van der Waals surface area contributed by atoms with Crippen LogP contribution in [-0.4, -0.2) is 34.9 Å². The van der Waals surface area contributed by atoms with Gasteiger partial charge in [0, 0.05) is 12.1 Å². The highest BCUT2D eigenvalue weighted by atomic mass is 16.5. The average molecular weight is 423 g/mol. The van der Waals surface area contributed by atoms with Crippen LogP contribution in [0.15, 0.2) is 41.5 Å². The van der Waals surface area contributed by atoms with Crippen LogP contribution in [0.5, 0.6) is 11.5 Å². The van der Waals surface area contributed by atoms with Crippen LogP contribution in [0.1, 0.15) is 49.4 Å². The molecule has 2 aromatic carbocycles. The van der Waals surface area contributed by atoms with E-state index in [1.54, 1.807) is 18.3 Å². The van der Waals surface area contributed by atoms with Crippen LogP contribution in [0, 0.1) is 12.8 Å². The summed E-state index contributed by atoms with van der Waals surface area (Å²) >= 11 is 0. The number of hydrazone groups is 1. The lowest BCUT2D eigenvalue weighted by atomic mass is 10.2. The van der Waals surface area contributed by atoms with Gasteiger partial charge in [-0.1, -0.05) is 13.8 Å². The zero-order valence-corrected chi connectivity index (χ0v) is 18.8. The van der Waals surface area contributed by atoms with Gasteiger partial charge in [-0.3, -0.25) is 4.79 Å². The minimum atomic E-state index is -0.288. The number of fused-ring (bicyclic) bond motifs is 1. The molecule has 0 aliphatic carbocycles. The first kappa shape index (κ1) is 22.3. The van der Waals surface area contributed by atoms with Crippen LogP contribution in [-0.2, 0) is 6.54 Å². The molecule has 3 aromatic rings. The molecule has 1 heterocycles. The van der Waals surface area contributed by atoms with Gasteiger partial charge in [0.25, 0.3) is 5.91 Å². The summed E-state index contributed by atoms with van der Waals surface area (Å²) in [4.78, 5) is 17.0. The van der Waals surface area contributed by atoms with E-state index >= 15 is 0 Å². The summed E-state index contributed by atoms with van der Waals surface area (Å²) in [5, 5.41) is 4.10. The van der Waals surface area contributed by atoms with E-state index in [9.17, 15) is 4.79 Å². The van der Waals surface area contributed by atoms with Crippen molar-refractivity contribution in [2.45, 2.75) is 41.2 Å². The second-order valence-corrected chi connectivity index (χ2v) is 7.65. The first-order valence-electron chi connectivity index (χ1n) is 10.6. The Morgan fingerprint density at radius 3 is 2.68 bits per heavy atom. The Balaban J connectivity index is 1.70. The molecule has 3 rings (SSSR count). The van der Waals surface area contributed by atoms with Crippen LogP contribution in [0.3, 0.4) is 0 Å². The number of carbonyl (C=O) groups excluding carboxylic acids is 1. The van der Waals surface area contributed by atoms with Crippen LogP contribution in [0.4, 0.5) is 0 Å². The van der Waals surface area contributed by atoms with Gasteiger partial charge in [0.1, 0.15) is 5.82 Å². The van der Waals surface area contributed by atoms with E-state index in [-0.39, 0.29) is 5.91 Å². The standard InChI is InChI=1S/C24H30N4O3/c1-6-28-17(5)26-20-13-19(9-10-21(20)28)24(29)27-25-14-18-8-11-22(31-15-16(3)4)23(12-18)30-7-2/h8-14,16H,6-7,15H2,1-5H3,(H,27,29)/b25-14-. The van der Waals surface area contributed by atoms with E-state index in [2.05, 4.69) is 40.8 Å². The Morgan fingerprint density at radius 1 is 1.16 bits per heavy atom. The van der Waals surface area contributed by atoms with Crippen molar-refractivity contribution in [3.8, 4) is 11.5 Å². The minimum Gasteiger partial charge on any atom is -0.490 e. The molecule has 0 aliphatic heterocycles. The number of aryl methyl sites for hydroxylation is 2. The Hall–Kier alpha value is -3.35. The maximum Gasteiger partial charge on any atom is 0.271 e. The Bertz CT molecular complexity index is 1090. The Labute approximate surface area is 183 Å². The largest absolute Gasteiger partial charge is 0.490 e. The molecule has 1 amide bonds. The fourth-order valence-corrected chi connectivity index (χ4v) is 3.27. The van der Waals surface area contributed by atoms with E-state index in [1.165, 1.54) is 0 Å². The van der Waals surface area contributed by atoms with Crippen LogP contribution in [0.2, 0.25) is 0 Å². The topological polar surface area (TPSA) is 77.7 Å². The maximum atomic E-state index is 12.5. The zero-order valence-electron chi connectivity index (χ0n) is 18.8. The first-order valence-corrected chi connectivity index (χ1v) is 10.6. The molecule has 1 N–H and O–H groups in total. The molecule has 7 heteroatoms. The summed E-state index contributed by atoms with van der Waals surface area (Å²) in [6, 6.07) is 11.1. The molecule has 0 saturated heterocycles. The number of carbonyl (C=O) groups is 1. The van der Waals surface area contributed by atoms with Crippen LogP contribution < -0.4 is 14.9 Å². The van der Waals surface area contributed by atoms with Gasteiger partial charge in [-0.25, -0.2) is 10.4 Å². The summed E-state index contributed by atoms with van der Waals surface area (Å²) in [5.74, 6) is 2.42. The molecule has 0 bridgehead atoms. The lowest BCUT2D eigenvalue weighted by Gasteiger charge is -2.13. The normalized spacial score (nSPS) is 11.4. The van der Waals surface area contributed by atoms with E-state index in [0.717, 1.165) is 29.0 Å². The highest BCUT2D eigenvalue weighted by molar-refractivity contribution is 5.98. The molecule has 31 heavy (non-hydrogen) atoms. The van der Waals surface area contributed by atoms with Gasteiger partial charge in [0.05, 0.1) is 30.5 Å². The molecule has 7 nitrogen and oxygen atoms in total. The highest BCUT2D eigenvalue weighted by Crippen LogP contribution is 2.28. The number of hydrogen-bond acceptors (Lipinski definition) is 5. The number of imidazole rings is 1. The van der Waals surface area contributed by atoms with Gasteiger partial charge in [0.2, 0.25) is 0 Å². The third-order valence-corrected chi connectivity index (χ3v) is 4.74. The van der Waals surface area contributed by atoms with Crippen molar-refractivity contribution < 1.29 is 14.3 Å². The summed E-state index contributed by atoms with van der Waals surface area (Å²) in [6.45, 7) is 12.1. The van der Waals surface area contributed by atoms with Crippen LogP contribution >= 0.6 is 0 Å². The monoisotopic (exact) mass is 422 g/mol. The van der Waals surface area contributed by atoms with Gasteiger partial charge < -0.3 is 14.0 Å². The Morgan fingerprint density at radius 2 is 1.97 bits per heavy atom. The Kier molecular flexibility index (Phi) is 7.28. The van der Waals surface area contributed by atoms with Gasteiger partial charge in [-0.15, -0.1) is 0 Å². The van der Waals surface area contributed by atoms with Gasteiger partial charge in [-0.2, -0.15) is 5.10 Å². The van der Waals surface area contributed by atoms with E-state index in [4.69, 9.17) is 9.47 Å². The van der Waals surface area contributed by atoms with Crippen molar-refractivity contribution in [3.63, 3.8) is 0 Å². The SMILES string of the molecule is CCOc1cc(/C=N\NC(=O)c2ccc3c(c2)nc(C)n3CC)ccc1OCC(C)C. The van der Waals surface area contributed by atoms with Crippen molar-refractivity contribution in [3.05, 3.63) is 53.3 Å². The molecule has 0 atom stereocenters. The molecular weight excluding hydrogens is 392 g/mol. The number of nitrogens with zero attached hydrogens (tertiary/aromatic N) is 3. The number of aromatic nitrogens is 2. The lowest BCUT2D eigenvalue weighted by molar-refractivity contribution is 0.0955. The van der Waals surface area contributed by atoms with Gasteiger partial charge in [-0.05, 0) is 68.7 Å². The first-order chi connectivity index (χ1) is 14.9. The van der Waals surface area contributed by atoms with Crippen molar-refractivity contribution in [2.75, 3.05) is 13.2 Å². The summed E-state index contributed by atoms with van der Waals surface area (Å²) in [7, 11) is 0. The molecule has 0 aliphatic rings. The summed E-state index contributed by atoms with van der Waals surface area (Å²) in [5.41, 5.74) is 5.71. The summed E-state index contributed by atoms with van der Waals surface area (Å²) in [6.07, 6.45) is 1.58. The van der Waals surface area contributed by atoms with Gasteiger partial charge >= 0.3 is 0 Å². The fraction of sp³-hybridized carbons (Fsp3) is 0.375. The predicted octanol–water partition coefficient (Wildman–Crippen LogP) is 4.56. The average Bonchev–Trinajstić information content (AvgIpc) is 3.07. The van der Waals surface area contributed by atoms with E-state index in [1.807, 2.05) is 38.1 Å². The molecule has 0 radical (unpaired) electrons. The molecule has 0 fully saturated rings. The second-order valence-electron chi connectivity index (χ2n) is 7.65. The number of hydrogen-bond donors (Lipinski definition) is 1.